The van der Waals surface area contributed by atoms with Gasteiger partial charge in [0.25, 0.3) is 0 Å². The molecule has 0 atom stereocenters. The van der Waals surface area contributed by atoms with Crippen molar-refractivity contribution in [1.82, 2.24) is 0 Å². The molecule has 0 saturated carbocycles. The number of hydrogen-bond donors (Lipinski definition) is 0. The maximum Gasteiger partial charge on any atom is 4.00 e. The summed E-state index contributed by atoms with van der Waals surface area (Å²) in [7, 11) is 0. The van der Waals surface area contributed by atoms with E-state index in [1.165, 1.54) is 0 Å². The third kappa shape index (κ3) is 9.22. The molecule has 0 aliphatic carbocycles. The van der Waals surface area contributed by atoms with Crippen LogP contribution in [0.4, 0.5) is 0 Å². The molecule has 1 radical (unpaired) electrons. The Bertz CT molecular complexity index is 6.00. The second-order valence-electron chi connectivity index (χ2n) is 0. The zero-order valence-electron chi connectivity index (χ0n) is 1.72. The molecule has 0 amide bonds. The van der Waals surface area contributed by atoms with Crippen molar-refractivity contribution in [3.63, 3.8) is 0 Å². The molecule has 0 spiro atoms. The molecule has 4 heavy (non-hydrogen) atoms. The van der Waals surface area contributed by atoms with E-state index in [0.717, 1.165) is 0 Å². The maximum absolute atomic E-state index is 0. The zero-order valence-corrected chi connectivity index (χ0v) is 7.11. The fraction of sp³-hybridized carbons (Fsp3) is 0. The van der Waals surface area contributed by atoms with Crippen molar-refractivity contribution in [3.8, 4) is 0 Å². The summed E-state index contributed by atoms with van der Waals surface area (Å²) in [5, 5.41) is 0. The molecule has 0 fully saturated rings. The van der Waals surface area contributed by atoms with Crippen molar-refractivity contribution in [3.05, 3.63) is 0 Å². The molecule has 0 aromatic carbocycles. The molecule has 0 heterocycles. The first-order valence-electron chi connectivity index (χ1n) is 0. The van der Waals surface area contributed by atoms with Gasteiger partial charge in [0.2, 0.25) is 0 Å². The van der Waals surface area contributed by atoms with Gasteiger partial charge in [-0.25, -0.2) is 0 Å². The first-order valence-corrected chi connectivity index (χ1v) is 0. The molecule has 4 heteroatoms. The van der Waals surface area contributed by atoms with Gasteiger partial charge >= 0.3 is 57.3 Å². The molecule has 0 aliphatic heterocycles. The van der Waals surface area contributed by atoms with Crippen LogP contribution in [0.2, 0.25) is 0 Å². The van der Waals surface area contributed by atoms with Crippen LogP contribution in [0.5, 0.6) is 0 Å². The van der Waals surface area contributed by atoms with E-state index in [1.807, 2.05) is 0 Å². The Morgan fingerprint density at radius 3 is 0.750 bits per heavy atom. The van der Waals surface area contributed by atoms with E-state index in [-0.39, 0.29) is 68.3 Å². The zero-order chi connectivity index (χ0) is 0. The fourth-order valence-corrected chi connectivity index (χ4v) is 0. The van der Waals surface area contributed by atoms with Gasteiger partial charge in [-0.15, -0.1) is 0 Å². The van der Waals surface area contributed by atoms with Gasteiger partial charge in [-0.05, 0) is 0 Å². The summed E-state index contributed by atoms with van der Waals surface area (Å²) in [5.41, 5.74) is 0. The van der Waals surface area contributed by atoms with E-state index in [1.54, 1.807) is 0 Å². The van der Waals surface area contributed by atoms with Crippen LogP contribution in [-0.2, 0) is 28.3 Å². The van der Waals surface area contributed by atoms with E-state index in [4.69, 9.17) is 0 Å². The molecule has 0 rings (SSSR count). The molecule has 0 bridgehead atoms. The van der Waals surface area contributed by atoms with Crippen LogP contribution in [0.1, 0.15) is 0 Å². The Balaban J connectivity index is 0. The van der Waals surface area contributed by atoms with Gasteiger partial charge in [-0.2, -0.15) is 0 Å². The third-order valence-electron chi connectivity index (χ3n) is 0. The first kappa shape index (κ1) is 41.7. The van der Waals surface area contributed by atoms with Crippen molar-refractivity contribution in [2.45, 2.75) is 0 Å². The Hall–Kier alpha value is 1.78. The van der Waals surface area contributed by atoms with Crippen LogP contribution in [-0.4, -0.2) is 0 Å². The predicted octanol–water partition coefficient (Wildman–Crippen LogP) is -0.240. The fourth-order valence-electron chi connectivity index (χ4n) is 0. The first-order chi connectivity index (χ1) is 0. The van der Waals surface area contributed by atoms with E-state index in [2.05, 4.69) is 0 Å². The van der Waals surface area contributed by atoms with Gasteiger partial charge in [0.1, 0.15) is 0 Å². The Kier molecular flexibility index (Phi) is 225. The Morgan fingerprint density at radius 2 is 0.750 bits per heavy atom. The molecule has 0 aliphatic rings. The minimum absolute atomic E-state index is 0. The van der Waals surface area contributed by atoms with Crippen LogP contribution in [0.25, 0.3) is 0 Å². The number of hydrogen-bond acceptors (Lipinski definition) is 0. The van der Waals surface area contributed by atoms with E-state index >= 15 is 0 Å². The smallest absolute Gasteiger partial charge is 2.00 e. The van der Waals surface area contributed by atoms with Gasteiger partial charge in [-0.3, -0.25) is 0 Å². The average Bonchev–Trinajstić information content (AvgIpc) is 0. The second kappa shape index (κ2) is 21.6. The normalized spacial score (nSPS) is 0. The van der Waals surface area contributed by atoms with Gasteiger partial charge < -0.3 is 11.0 Å². The van der Waals surface area contributed by atoms with Gasteiger partial charge in [0.05, 0.1) is 0 Å². The molecule has 2 nitrogen and oxygen atoms in total. The van der Waals surface area contributed by atoms with Crippen LogP contribution < -0.4 is 0 Å². The predicted molar refractivity (Wildman–Crippen MR) is 1.37 cm³/mol. The van der Waals surface area contributed by atoms with Gasteiger partial charge in [-0.1, -0.05) is 0 Å². The third-order valence-corrected chi connectivity index (χ3v) is 0. The van der Waals surface area contributed by atoms with Crippen LogP contribution >= 0.6 is 0 Å². The molecule has 0 N–H and O–H groups in total. The molecular weight excluding hydrogens is 316 g/mol. The minimum Gasteiger partial charge on any atom is -2.00 e. The van der Waals surface area contributed by atoms with E-state index in [0.29, 0.717) is 0 Å². The molecule has 0 aromatic heterocycles. The molecular formula is CrO2Th+3. The van der Waals surface area contributed by atoms with Crippen molar-refractivity contribution < 1.29 is 68.3 Å². The van der Waals surface area contributed by atoms with Gasteiger partial charge in [0.15, 0.2) is 0 Å². The quantitative estimate of drug-likeness (QED) is 0.592. The van der Waals surface area contributed by atoms with Crippen LogP contribution in [0, 0.1) is 39.9 Å². The standard InChI is InChI=1S/Cr.2O.Th/q+3;2*-2;+4. The summed E-state index contributed by atoms with van der Waals surface area (Å²) in [4.78, 5) is 0. The van der Waals surface area contributed by atoms with Gasteiger partial charge in [0, 0.05) is 0 Å². The van der Waals surface area contributed by atoms with Crippen LogP contribution in [0.15, 0.2) is 0 Å². The Labute approximate surface area is 67.4 Å². The molecule has 0 aromatic rings. The summed E-state index contributed by atoms with van der Waals surface area (Å²) in [5.74, 6) is 0. The molecule has 0 saturated heterocycles. The summed E-state index contributed by atoms with van der Waals surface area (Å²) in [6, 6.07) is 0. The summed E-state index contributed by atoms with van der Waals surface area (Å²) in [6.07, 6.45) is 0. The summed E-state index contributed by atoms with van der Waals surface area (Å²) in [6.45, 7) is 0. The van der Waals surface area contributed by atoms with Crippen molar-refractivity contribution in [2.24, 2.45) is 0 Å². The second-order valence-corrected chi connectivity index (χ2v) is 0. The van der Waals surface area contributed by atoms with Crippen LogP contribution in [0.3, 0.4) is 0 Å². The largest absolute Gasteiger partial charge is 4.00 e. The molecule has 0 unspecified atom stereocenters. The van der Waals surface area contributed by atoms with Crippen molar-refractivity contribution in [1.29, 1.82) is 0 Å². The SMILES string of the molecule is [Cr+3].[O-2].[O-2].[Th+4]. The minimum atomic E-state index is 0. The number of rotatable bonds is 0. The summed E-state index contributed by atoms with van der Waals surface area (Å²) < 4.78 is 0. The van der Waals surface area contributed by atoms with E-state index < -0.39 is 0 Å². The van der Waals surface area contributed by atoms with Crippen molar-refractivity contribution in [2.75, 3.05) is 0 Å². The van der Waals surface area contributed by atoms with Crippen molar-refractivity contribution >= 4 is 0 Å². The topological polar surface area (TPSA) is 57.0 Å². The van der Waals surface area contributed by atoms with E-state index in [9.17, 15) is 0 Å². The monoisotopic (exact) mass is 316 g/mol. The summed E-state index contributed by atoms with van der Waals surface area (Å²) >= 11 is 0. The maximum atomic E-state index is 0. The average molecular weight is 316 g/mol. The molecule has 19 valence electrons. The Morgan fingerprint density at radius 1 is 0.750 bits per heavy atom.